The van der Waals surface area contributed by atoms with Crippen LogP contribution in [0.25, 0.3) is 40.1 Å². The lowest BCUT2D eigenvalue weighted by molar-refractivity contribution is 0.183. The fourth-order valence-corrected chi connectivity index (χ4v) is 4.82. The third-order valence-corrected chi connectivity index (χ3v) is 6.74. The van der Waals surface area contributed by atoms with E-state index in [1.807, 2.05) is 42.9 Å². The Labute approximate surface area is 210 Å². The molecule has 1 aliphatic rings. The van der Waals surface area contributed by atoms with E-state index in [1.54, 1.807) is 22.9 Å². The molecule has 0 amide bonds. The number of halogens is 1. The van der Waals surface area contributed by atoms with Crippen LogP contribution in [0, 0.1) is 0 Å². The molecule has 35 heavy (non-hydrogen) atoms. The van der Waals surface area contributed by atoms with E-state index in [1.165, 1.54) is 19.3 Å². The average Bonchev–Trinajstić information content (AvgIpc) is 3.32. The maximum atomic E-state index is 6.56. The topological polar surface area (TPSA) is 55.6 Å². The molecule has 1 aliphatic heterocycles. The van der Waals surface area contributed by atoms with Gasteiger partial charge in [-0.1, -0.05) is 43.3 Å². The number of rotatable bonds is 8. The Morgan fingerprint density at radius 3 is 2.60 bits per heavy atom. The highest BCUT2D eigenvalue weighted by atomic mass is 35.5. The standard InChI is InChI=1S/C28H28ClN5O/c1-3-22-23(10-11-30-26(22)4-2)24-18-32-34-19-21(17-31-28(24)34)20-8-9-27(25(29)16-20)35-15-14-33-12-6-5-7-13-33/h3-4,8-11,16-19H,1-2,5-7,12-15H2. The molecule has 5 rings (SSSR count). The molecular weight excluding hydrogens is 458 g/mol. The zero-order chi connectivity index (χ0) is 24.2. The predicted molar refractivity (Wildman–Crippen MR) is 143 cm³/mol. The van der Waals surface area contributed by atoms with Crippen LogP contribution in [-0.2, 0) is 0 Å². The van der Waals surface area contributed by atoms with Gasteiger partial charge in [0.25, 0.3) is 0 Å². The van der Waals surface area contributed by atoms with Crippen LogP contribution < -0.4 is 4.74 Å². The summed E-state index contributed by atoms with van der Waals surface area (Å²) >= 11 is 6.56. The molecule has 4 heterocycles. The van der Waals surface area contributed by atoms with Gasteiger partial charge in [-0.2, -0.15) is 5.10 Å². The summed E-state index contributed by atoms with van der Waals surface area (Å²) < 4.78 is 7.75. The highest BCUT2D eigenvalue weighted by Crippen LogP contribution is 2.32. The van der Waals surface area contributed by atoms with Crippen molar-refractivity contribution in [2.45, 2.75) is 19.3 Å². The Morgan fingerprint density at radius 2 is 1.83 bits per heavy atom. The van der Waals surface area contributed by atoms with Crippen LogP contribution in [0.3, 0.4) is 0 Å². The van der Waals surface area contributed by atoms with Gasteiger partial charge in [-0.25, -0.2) is 9.50 Å². The Hall–Kier alpha value is -3.48. The summed E-state index contributed by atoms with van der Waals surface area (Å²) in [6, 6.07) is 7.79. The summed E-state index contributed by atoms with van der Waals surface area (Å²) in [7, 11) is 0. The van der Waals surface area contributed by atoms with Gasteiger partial charge in [0.15, 0.2) is 5.65 Å². The van der Waals surface area contributed by atoms with Crippen molar-refractivity contribution in [3.8, 4) is 28.0 Å². The highest BCUT2D eigenvalue weighted by Gasteiger charge is 2.15. The first-order valence-electron chi connectivity index (χ1n) is 11.9. The Balaban J connectivity index is 1.36. The summed E-state index contributed by atoms with van der Waals surface area (Å²) in [6.45, 7) is 11.7. The summed E-state index contributed by atoms with van der Waals surface area (Å²) in [5, 5.41) is 5.14. The van der Waals surface area contributed by atoms with Gasteiger partial charge in [-0.15, -0.1) is 0 Å². The average molecular weight is 486 g/mol. The molecule has 0 radical (unpaired) electrons. The van der Waals surface area contributed by atoms with Gasteiger partial charge in [0.1, 0.15) is 12.4 Å². The van der Waals surface area contributed by atoms with Gasteiger partial charge >= 0.3 is 0 Å². The molecule has 0 aliphatic carbocycles. The first-order chi connectivity index (χ1) is 17.2. The van der Waals surface area contributed by atoms with Gasteiger partial charge < -0.3 is 4.74 Å². The molecular formula is C28H28ClN5O. The maximum Gasteiger partial charge on any atom is 0.162 e. The molecule has 0 spiro atoms. The van der Waals surface area contributed by atoms with Crippen molar-refractivity contribution in [1.82, 2.24) is 24.5 Å². The molecule has 7 heteroatoms. The molecule has 1 fully saturated rings. The SMILES string of the molecule is C=Cc1nccc(-c2cnn3cc(-c4ccc(OCCN5CCCCC5)c(Cl)c4)cnc23)c1C=C. The van der Waals surface area contributed by atoms with Crippen molar-refractivity contribution in [2.75, 3.05) is 26.2 Å². The molecule has 4 aromatic rings. The zero-order valence-electron chi connectivity index (χ0n) is 19.7. The van der Waals surface area contributed by atoms with E-state index < -0.39 is 0 Å². The minimum absolute atomic E-state index is 0.590. The minimum atomic E-state index is 0.590. The number of pyridine rings is 1. The van der Waals surface area contributed by atoms with Crippen LogP contribution in [0.4, 0.5) is 0 Å². The van der Waals surface area contributed by atoms with Crippen molar-refractivity contribution >= 4 is 29.4 Å². The number of aromatic nitrogens is 4. The number of ether oxygens (including phenoxy) is 1. The van der Waals surface area contributed by atoms with Gasteiger partial charge in [0.2, 0.25) is 0 Å². The summed E-state index contributed by atoms with van der Waals surface area (Å²) in [5.41, 5.74) is 6.18. The zero-order valence-corrected chi connectivity index (χ0v) is 20.4. The van der Waals surface area contributed by atoms with Crippen LogP contribution in [0.1, 0.15) is 30.5 Å². The van der Waals surface area contributed by atoms with E-state index in [9.17, 15) is 0 Å². The lowest BCUT2D eigenvalue weighted by Crippen LogP contribution is -2.33. The fraction of sp³-hybridized carbons (Fsp3) is 0.250. The van der Waals surface area contributed by atoms with Crippen molar-refractivity contribution in [1.29, 1.82) is 0 Å². The van der Waals surface area contributed by atoms with E-state index in [2.05, 4.69) is 28.1 Å². The third kappa shape index (κ3) is 4.85. The normalized spacial score (nSPS) is 14.2. The number of likely N-dealkylation sites (tertiary alicyclic amines) is 1. The monoisotopic (exact) mass is 485 g/mol. The minimum Gasteiger partial charge on any atom is -0.491 e. The second-order valence-electron chi connectivity index (χ2n) is 8.63. The molecule has 3 aromatic heterocycles. The van der Waals surface area contributed by atoms with Crippen LogP contribution in [-0.4, -0.2) is 50.7 Å². The molecule has 0 atom stereocenters. The quantitative estimate of drug-likeness (QED) is 0.294. The highest BCUT2D eigenvalue weighted by molar-refractivity contribution is 6.32. The second-order valence-corrected chi connectivity index (χ2v) is 9.04. The number of piperidine rings is 1. The summed E-state index contributed by atoms with van der Waals surface area (Å²) in [6.07, 6.45) is 14.8. The van der Waals surface area contributed by atoms with Crippen molar-refractivity contribution < 1.29 is 4.74 Å². The number of nitrogens with zero attached hydrogens (tertiary/aromatic N) is 5. The van der Waals surface area contributed by atoms with E-state index in [-0.39, 0.29) is 0 Å². The third-order valence-electron chi connectivity index (χ3n) is 6.44. The van der Waals surface area contributed by atoms with E-state index in [0.717, 1.165) is 58.8 Å². The molecule has 1 aromatic carbocycles. The van der Waals surface area contributed by atoms with Gasteiger partial charge in [-0.05, 0) is 61.3 Å². The first kappa shape index (κ1) is 23.3. The van der Waals surface area contributed by atoms with Gasteiger partial charge in [0, 0.05) is 41.8 Å². The summed E-state index contributed by atoms with van der Waals surface area (Å²) in [4.78, 5) is 11.5. The van der Waals surface area contributed by atoms with Crippen LogP contribution in [0.5, 0.6) is 5.75 Å². The predicted octanol–water partition coefficient (Wildman–Crippen LogP) is 6.26. The molecule has 0 saturated carbocycles. The molecule has 178 valence electrons. The Morgan fingerprint density at radius 1 is 0.971 bits per heavy atom. The maximum absolute atomic E-state index is 6.56. The van der Waals surface area contributed by atoms with Crippen molar-refractivity contribution in [3.05, 3.63) is 78.5 Å². The van der Waals surface area contributed by atoms with E-state index >= 15 is 0 Å². The lowest BCUT2D eigenvalue weighted by Gasteiger charge is -2.26. The van der Waals surface area contributed by atoms with E-state index in [4.69, 9.17) is 21.3 Å². The van der Waals surface area contributed by atoms with E-state index in [0.29, 0.717) is 17.4 Å². The molecule has 0 bridgehead atoms. The number of hydrogen-bond acceptors (Lipinski definition) is 5. The molecule has 0 N–H and O–H groups in total. The lowest BCUT2D eigenvalue weighted by atomic mass is 10.0. The molecule has 0 unspecified atom stereocenters. The van der Waals surface area contributed by atoms with Gasteiger partial charge in [-0.3, -0.25) is 9.88 Å². The van der Waals surface area contributed by atoms with Gasteiger partial charge in [0.05, 0.1) is 16.9 Å². The largest absolute Gasteiger partial charge is 0.491 e. The van der Waals surface area contributed by atoms with Crippen LogP contribution in [0.15, 0.2) is 62.2 Å². The number of fused-ring (bicyclic) bond motifs is 1. The second kappa shape index (κ2) is 10.4. The van der Waals surface area contributed by atoms with Crippen molar-refractivity contribution in [3.63, 3.8) is 0 Å². The molecule has 6 nitrogen and oxygen atoms in total. The summed E-state index contributed by atoms with van der Waals surface area (Å²) in [5.74, 6) is 0.704. The number of hydrogen-bond donors (Lipinski definition) is 0. The van der Waals surface area contributed by atoms with Crippen LogP contribution in [0.2, 0.25) is 5.02 Å². The smallest absolute Gasteiger partial charge is 0.162 e. The fourth-order valence-electron chi connectivity index (χ4n) is 4.58. The first-order valence-corrected chi connectivity index (χ1v) is 12.3. The van der Waals surface area contributed by atoms with Crippen LogP contribution >= 0.6 is 11.6 Å². The Bertz CT molecular complexity index is 1370. The molecule has 1 saturated heterocycles. The number of benzene rings is 1. The Kier molecular flexibility index (Phi) is 6.93. The van der Waals surface area contributed by atoms with Crippen molar-refractivity contribution in [2.24, 2.45) is 0 Å².